The van der Waals surface area contributed by atoms with Gasteiger partial charge in [0.25, 0.3) is 0 Å². The molecule has 1 fully saturated rings. The third-order valence-corrected chi connectivity index (χ3v) is 3.65. The van der Waals surface area contributed by atoms with Gasteiger partial charge in [0, 0.05) is 31.9 Å². The van der Waals surface area contributed by atoms with Crippen LogP contribution in [0.3, 0.4) is 0 Å². The van der Waals surface area contributed by atoms with Gasteiger partial charge in [0.05, 0.1) is 19.8 Å². The molecule has 2 N–H and O–H groups in total. The SMILES string of the molecule is Cc1ccc(NC(=O)CNCCN2CCOCC2)c(C)c1. The van der Waals surface area contributed by atoms with Crippen LogP contribution < -0.4 is 10.6 Å². The molecule has 5 heteroatoms. The van der Waals surface area contributed by atoms with Crippen molar-refractivity contribution < 1.29 is 9.53 Å². The number of nitrogens with zero attached hydrogens (tertiary/aromatic N) is 1. The van der Waals surface area contributed by atoms with Gasteiger partial charge in [-0.15, -0.1) is 0 Å². The number of rotatable bonds is 6. The minimum atomic E-state index is 0.00364. The third-order valence-electron chi connectivity index (χ3n) is 3.65. The first-order chi connectivity index (χ1) is 10.1. The number of hydrogen-bond donors (Lipinski definition) is 2. The van der Waals surface area contributed by atoms with Crippen LogP contribution in [-0.4, -0.2) is 56.7 Å². The molecular weight excluding hydrogens is 266 g/mol. The number of aryl methyl sites for hydroxylation is 2. The Hall–Kier alpha value is -1.43. The van der Waals surface area contributed by atoms with E-state index < -0.39 is 0 Å². The molecule has 1 aromatic rings. The lowest BCUT2D eigenvalue weighted by atomic mass is 10.1. The number of morpholine rings is 1. The van der Waals surface area contributed by atoms with Crippen LogP contribution in [-0.2, 0) is 9.53 Å². The number of hydrogen-bond acceptors (Lipinski definition) is 4. The summed E-state index contributed by atoms with van der Waals surface area (Å²) in [5, 5.41) is 6.13. The Morgan fingerprint density at radius 3 is 2.76 bits per heavy atom. The summed E-state index contributed by atoms with van der Waals surface area (Å²) in [7, 11) is 0. The number of nitrogens with one attached hydrogen (secondary N) is 2. The monoisotopic (exact) mass is 291 g/mol. The van der Waals surface area contributed by atoms with Crippen LogP contribution in [0.4, 0.5) is 5.69 Å². The van der Waals surface area contributed by atoms with Crippen molar-refractivity contribution in [3.63, 3.8) is 0 Å². The van der Waals surface area contributed by atoms with Gasteiger partial charge in [0.1, 0.15) is 0 Å². The maximum Gasteiger partial charge on any atom is 0.238 e. The Morgan fingerprint density at radius 1 is 1.29 bits per heavy atom. The molecule has 0 spiro atoms. The molecule has 0 aromatic heterocycles. The molecule has 0 radical (unpaired) electrons. The first-order valence-electron chi connectivity index (χ1n) is 7.53. The second-order valence-electron chi connectivity index (χ2n) is 5.50. The highest BCUT2D eigenvalue weighted by Gasteiger charge is 2.09. The largest absolute Gasteiger partial charge is 0.379 e. The van der Waals surface area contributed by atoms with E-state index in [0.717, 1.165) is 50.6 Å². The van der Waals surface area contributed by atoms with E-state index in [2.05, 4.69) is 21.6 Å². The highest BCUT2D eigenvalue weighted by molar-refractivity contribution is 5.92. The van der Waals surface area contributed by atoms with Crippen LogP contribution in [0.1, 0.15) is 11.1 Å². The summed E-state index contributed by atoms with van der Waals surface area (Å²) in [6.07, 6.45) is 0. The number of carbonyl (C=O) groups excluding carboxylic acids is 1. The molecule has 1 aliphatic rings. The number of anilines is 1. The van der Waals surface area contributed by atoms with E-state index in [9.17, 15) is 4.79 Å². The van der Waals surface area contributed by atoms with Crippen LogP contribution in [0.25, 0.3) is 0 Å². The molecule has 21 heavy (non-hydrogen) atoms. The Balaban J connectivity index is 1.65. The normalized spacial score (nSPS) is 15.9. The van der Waals surface area contributed by atoms with E-state index in [0.29, 0.717) is 6.54 Å². The first-order valence-corrected chi connectivity index (χ1v) is 7.53. The van der Waals surface area contributed by atoms with E-state index in [4.69, 9.17) is 4.74 Å². The van der Waals surface area contributed by atoms with Crippen molar-refractivity contribution in [3.05, 3.63) is 29.3 Å². The molecule has 0 bridgehead atoms. The average molecular weight is 291 g/mol. The standard InChI is InChI=1S/C16H25N3O2/c1-13-3-4-15(14(2)11-13)18-16(20)12-17-5-6-19-7-9-21-10-8-19/h3-4,11,17H,5-10,12H2,1-2H3,(H,18,20). The minimum absolute atomic E-state index is 0.00364. The van der Waals surface area contributed by atoms with Crippen molar-refractivity contribution in [3.8, 4) is 0 Å². The molecule has 0 saturated carbocycles. The average Bonchev–Trinajstić information content (AvgIpc) is 2.48. The van der Waals surface area contributed by atoms with E-state index >= 15 is 0 Å². The van der Waals surface area contributed by atoms with Crippen LogP contribution in [0.5, 0.6) is 0 Å². The zero-order valence-electron chi connectivity index (χ0n) is 12.9. The summed E-state index contributed by atoms with van der Waals surface area (Å²) < 4.78 is 5.30. The van der Waals surface area contributed by atoms with E-state index in [1.54, 1.807) is 0 Å². The predicted octanol–water partition coefficient (Wildman–Crippen LogP) is 1.16. The lowest BCUT2D eigenvalue weighted by Crippen LogP contribution is -2.41. The van der Waals surface area contributed by atoms with Crippen molar-refractivity contribution in [2.75, 3.05) is 51.3 Å². The Kier molecular flexibility index (Phi) is 6.17. The van der Waals surface area contributed by atoms with Crippen LogP contribution in [0.15, 0.2) is 18.2 Å². The van der Waals surface area contributed by atoms with Crippen molar-refractivity contribution in [2.45, 2.75) is 13.8 Å². The maximum absolute atomic E-state index is 11.9. The topological polar surface area (TPSA) is 53.6 Å². The fourth-order valence-electron chi connectivity index (χ4n) is 2.41. The number of ether oxygens (including phenoxy) is 1. The quantitative estimate of drug-likeness (QED) is 0.773. The second-order valence-corrected chi connectivity index (χ2v) is 5.50. The molecule has 1 saturated heterocycles. The summed E-state index contributed by atoms with van der Waals surface area (Å²) in [5.74, 6) is 0.00364. The van der Waals surface area contributed by atoms with Gasteiger partial charge in [-0.25, -0.2) is 0 Å². The molecule has 5 nitrogen and oxygen atoms in total. The van der Waals surface area contributed by atoms with Crippen molar-refractivity contribution in [2.24, 2.45) is 0 Å². The van der Waals surface area contributed by atoms with Gasteiger partial charge in [-0.2, -0.15) is 0 Å². The van der Waals surface area contributed by atoms with Crippen molar-refractivity contribution >= 4 is 11.6 Å². The molecule has 2 rings (SSSR count). The van der Waals surface area contributed by atoms with Gasteiger partial charge in [0.2, 0.25) is 5.91 Å². The second kappa shape index (κ2) is 8.12. The Bertz CT molecular complexity index is 471. The van der Waals surface area contributed by atoms with E-state index in [1.807, 2.05) is 26.0 Å². The molecule has 1 amide bonds. The zero-order chi connectivity index (χ0) is 15.1. The summed E-state index contributed by atoms with van der Waals surface area (Å²) >= 11 is 0. The number of carbonyl (C=O) groups is 1. The van der Waals surface area contributed by atoms with E-state index in [1.165, 1.54) is 5.56 Å². The molecule has 116 valence electrons. The molecule has 0 unspecified atom stereocenters. The van der Waals surface area contributed by atoms with E-state index in [-0.39, 0.29) is 5.91 Å². The highest BCUT2D eigenvalue weighted by Crippen LogP contribution is 2.15. The lowest BCUT2D eigenvalue weighted by Gasteiger charge is -2.26. The maximum atomic E-state index is 11.9. The zero-order valence-corrected chi connectivity index (χ0v) is 12.9. The molecule has 1 heterocycles. The molecule has 1 aromatic carbocycles. The molecular formula is C16H25N3O2. The van der Waals surface area contributed by atoms with Crippen LogP contribution >= 0.6 is 0 Å². The minimum Gasteiger partial charge on any atom is -0.379 e. The third kappa shape index (κ3) is 5.46. The molecule has 0 aliphatic carbocycles. The Labute approximate surface area is 126 Å². The van der Waals surface area contributed by atoms with Crippen molar-refractivity contribution in [1.82, 2.24) is 10.2 Å². The van der Waals surface area contributed by atoms with Gasteiger partial charge >= 0.3 is 0 Å². The Morgan fingerprint density at radius 2 is 2.05 bits per heavy atom. The first kappa shape index (κ1) is 15.9. The van der Waals surface area contributed by atoms with Gasteiger partial charge < -0.3 is 15.4 Å². The summed E-state index contributed by atoms with van der Waals surface area (Å²) in [4.78, 5) is 14.2. The van der Waals surface area contributed by atoms with Gasteiger partial charge in [-0.1, -0.05) is 17.7 Å². The highest BCUT2D eigenvalue weighted by atomic mass is 16.5. The van der Waals surface area contributed by atoms with Crippen LogP contribution in [0.2, 0.25) is 0 Å². The van der Waals surface area contributed by atoms with Gasteiger partial charge in [-0.3, -0.25) is 9.69 Å². The smallest absolute Gasteiger partial charge is 0.238 e. The lowest BCUT2D eigenvalue weighted by molar-refractivity contribution is -0.115. The van der Waals surface area contributed by atoms with Crippen LogP contribution in [0, 0.1) is 13.8 Å². The predicted molar refractivity (Wildman–Crippen MR) is 84.7 cm³/mol. The number of amides is 1. The number of benzene rings is 1. The molecule has 0 atom stereocenters. The summed E-state index contributed by atoms with van der Waals surface area (Å²) in [6.45, 7) is 9.77. The summed E-state index contributed by atoms with van der Waals surface area (Å²) in [6, 6.07) is 6.03. The fourth-order valence-corrected chi connectivity index (χ4v) is 2.41. The fraction of sp³-hybridized carbons (Fsp3) is 0.562. The summed E-state index contributed by atoms with van der Waals surface area (Å²) in [5.41, 5.74) is 3.19. The van der Waals surface area contributed by atoms with Gasteiger partial charge in [0.15, 0.2) is 0 Å². The van der Waals surface area contributed by atoms with Crippen molar-refractivity contribution in [1.29, 1.82) is 0 Å². The van der Waals surface area contributed by atoms with Gasteiger partial charge in [-0.05, 0) is 25.5 Å². The molecule has 1 aliphatic heterocycles.